The van der Waals surface area contributed by atoms with Crippen molar-refractivity contribution in [3.8, 4) is 0 Å². The van der Waals surface area contributed by atoms with Crippen molar-refractivity contribution in [2.45, 2.75) is 33.4 Å². The first-order valence-electron chi connectivity index (χ1n) is 9.13. The third-order valence-corrected chi connectivity index (χ3v) is 4.87. The van der Waals surface area contributed by atoms with E-state index in [1.807, 2.05) is 33.8 Å². The highest BCUT2D eigenvalue weighted by Crippen LogP contribution is 2.19. The van der Waals surface area contributed by atoms with Gasteiger partial charge < -0.3 is 5.11 Å². The van der Waals surface area contributed by atoms with Crippen molar-refractivity contribution in [1.82, 2.24) is 19.6 Å². The predicted octanol–water partition coefficient (Wildman–Crippen LogP) is 0.396. The van der Waals surface area contributed by atoms with Crippen molar-refractivity contribution in [2.75, 3.05) is 0 Å². The van der Waals surface area contributed by atoms with E-state index in [9.17, 15) is 9.90 Å². The van der Waals surface area contributed by atoms with Gasteiger partial charge in [-0.2, -0.15) is 10.2 Å². The molecule has 0 fully saturated rings. The Morgan fingerprint density at radius 3 is 2.81 bits per heavy atom. The van der Waals surface area contributed by atoms with Gasteiger partial charge in [-0.05, 0) is 17.9 Å². The Labute approximate surface area is 158 Å². The topological polar surface area (TPSA) is 72.9 Å². The maximum atomic E-state index is 11.2. The number of carboxylic acids is 1. The normalized spacial score (nSPS) is 16.2. The molecular weight excluding hydrogens is 339 g/mol. The van der Waals surface area contributed by atoms with Crippen LogP contribution in [0.1, 0.15) is 25.8 Å². The van der Waals surface area contributed by atoms with E-state index in [0.29, 0.717) is 24.3 Å². The zero-order chi connectivity index (χ0) is 19.1. The van der Waals surface area contributed by atoms with Crippen LogP contribution in [0.2, 0.25) is 0 Å². The minimum Gasteiger partial charge on any atom is -0.481 e. The smallest absolute Gasteiger partial charge is 0.310 e. The van der Waals surface area contributed by atoms with E-state index >= 15 is 0 Å². The summed E-state index contributed by atoms with van der Waals surface area (Å²) < 4.78 is 3.94. The van der Waals surface area contributed by atoms with Gasteiger partial charge in [0.05, 0.1) is 35.7 Å². The number of benzene rings is 1. The van der Waals surface area contributed by atoms with E-state index in [-0.39, 0.29) is 0 Å². The third-order valence-electron chi connectivity index (χ3n) is 4.87. The molecule has 6 nitrogen and oxygen atoms in total. The summed E-state index contributed by atoms with van der Waals surface area (Å²) in [5.74, 6) is -0.812. The molecule has 1 aromatic carbocycles. The summed E-state index contributed by atoms with van der Waals surface area (Å²) in [7, 11) is 6.11. The van der Waals surface area contributed by atoms with Crippen LogP contribution < -0.4 is 16.0 Å². The van der Waals surface area contributed by atoms with Crippen LogP contribution in [0.5, 0.6) is 0 Å². The average molecular weight is 360 g/mol. The molecule has 27 heavy (non-hydrogen) atoms. The first-order valence-corrected chi connectivity index (χ1v) is 9.13. The molecule has 1 aliphatic carbocycles. The number of carboxylic acid groups (broad SMARTS) is 1. The molecule has 2 heterocycles. The molecule has 2 radical (unpaired) electrons. The number of aliphatic carboxylic acids is 1. The number of nitrogens with zero attached hydrogens (tertiary/aromatic N) is 4. The Hall–Kier alpha value is -2.83. The van der Waals surface area contributed by atoms with E-state index in [0.717, 1.165) is 33.6 Å². The SMILES string of the molecule is [B]c1cc(Cn2ncc3c2=CC[C@H](C(=O)O)C=3)c2c(cnn2CC(C)C)c1. The number of hydrogen-bond acceptors (Lipinski definition) is 3. The molecule has 1 aliphatic rings. The summed E-state index contributed by atoms with van der Waals surface area (Å²) in [4.78, 5) is 11.2. The lowest BCUT2D eigenvalue weighted by Gasteiger charge is -2.13. The number of hydrogen-bond donors (Lipinski definition) is 1. The minimum atomic E-state index is -0.806. The molecule has 0 aliphatic heterocycles. The molecule has 0 amide bonds. The highest BCUT2D eigenvalue weighted by atomic mass is 16.4. The van der Waals surface area contributed by atoms with E-state index in [1.54, 1.807) is 12.3 Å². The molecule has 7 heteroatoms. The van der Waals surface area contributed by atoms with Crippen LogP contribution in [0.4, 0.5) is 0 Å². The number of rotatable bonds is 5. The van der Waals surface area contributed by atoms with Gasteiger partial charge in [0.2, 0.25) is 0 Å². The number of aromatic nitrogens is 4. The summed E-state index contributed by atoms with van der Waals surface area (Å²) in [5, 5.41) is 21.1. The van der Waals surface area contributed by atoms with E-state index in [1.165, 1.54) is 0 Å². The Kier molecular flexibility index (Phi) is 4.38. The van der Waals surface area contributed by atoms with Crippen molar-refractivity contribution in [3.05, 3.63) is 40.7 Å². The lowest BCUT2D eigenvalue weighted by molar-refractivity contribution is -0.139. The Morgan fingerprint density at radius 1 is 1.30 bits per heavy atom. The van der Waals surface area contributed by atoms with Crippen molar-refractivity contribution in [1.29, 1.82) is 0 Å². The summed E-state index contributed by atoms with van der Waals surface area (Å²) >= 11 is 0. The third kappa shape index (κ3) is 3.29. The summed E-state index contributed by atoms with van der Waals surface area (Å²) in [5.41, 5.74) is 2.83. The van der Waals surface area contributed by atoms with Crippen LogP contribution in [0.15, 0.2) is 24.5 Å². The minimum absolute atomic E-state index is 0.478. The van der Waals surface area contributed by atoms with Crippen LogP contribution >= 0.6 is 0 Å². The molecule has 136 valence electrons. The molecule has 0 saturated carbocycles. The second-order valence-electron chi connectivity index (χ2n) is 7.53. The van der Waals surface area contributed by atoms with Gasteiger partial charge in [-0.3, -0.25) is 14.2 Å². The van der Waals surface area contributed by atoms with Crippen LogP contribution in [0.25, 0.3) is 23.1 Å². The molecule has 0 bridgehead atoms. The zero-order valence-corrected chi connectivity index (χ0v) is 15.5. The first kappa shape index (κ1) is 17.6. The maximum absolute atomic E-state index is 11.2. The molecule has 4 rings (SSSR count). The first-order chi connectivity index (χ1) is 12.9. The highest BCUT2D eigenvalue weighted by Gasteiger charge is 2.17. The number of fused-ring (bicyclic) bond motifs is 2. The summed E-state index contributed by atoms with van der Waals surface area (Å²) in [6, 6.07) is 3.92. The zero-order valence-electron chi connectivity index (χ0n) is 15.5. The fourth-order valence-corrected chi connectivity index (χ4v) is 3.70. The van der Waals surface area contributed by atoms with E-state index < -0.39 is 11.9 Å². The predicted molar refractivity (Wildman–Crippen MR) is 105 cm³/mol. The summed E-state index contributed by atoms with van der Waals surface area (Å²) in [6.45, 7) is 5.72. The standard InChI is InChI=1S/C20H21BN4O2/c1-12(2)10-25-19-15(9-23-25)6-17(21)7-16(19)11-24-18-4-3-13(20(26)27)5-14(18)8-22-24/h4-9,12-13H,3,10-11H2,1-2H3,(H,26,27)/t13-/m0/s1. The molecular formula is C20H21BN4O2. The highest BCUT2D eigenvalue weighted by molar-refractivity contribution is 6.33. The maximum Gasteiger partial charge on any atom is 0.310 e. The second kappa shape index (κ2) is 6.72. The van der Waals surface area contributed by atoms with Crippen molar-refractivity contribution in [3.63, 3.8) is 0 Å². The van der Waals surface area contributed by atoms with Gasteiger partial charge in [-0.25, -0.2) is 0 Å². The average Bonchev–Trinajstić information content (AvgIpc) is 3.18. The molecule has 0 spiro atoms. The molecule has 1 N–H and O–H groups in total. The van der Waals surface area contributed by atoms with Crippen LogP contribution in [-0.2, 0) is 17.9 Å². The molecule has 1 atom stereocenters. The molecule has 2 aromatic heterocycles. The van der Waals surface area contributed by atoms with Gasteiger partial charge in [0.15, 0.2) is 0 Å². The van der Waals surface area contributed by atoms with E-state index in [2.05, 4.69) is 24.0 Å². The Bertz CT molecular complexity index is 1140. The van der Waals surface area contributed by atoms with Gasteiger partial charge in [-0.1, -0.05) is 43.6 Å². The quantitative estimate of drug-likeness (QED) is 0.669. The monoisotopic (exact) mass is 360 g/mol. The molecule has 0 unspecified atom stereocenters. The van der Waals surface area contributed by atoms with Crippen molar-refractivity contribution < 1.29 is 9.90 Å². The van der Waals surface area contributed by atoms with Crippen molar-refractivity contribution in [2.24, 2.45) is 11.8 Å². The lowest BCUT2D eigenvalue weighted by Crippen LogP contribution is -2.34. The second-order valence-corrected chi connectivity index (χ2v) is 7.53. The fourth-order valence-electron chi connectivity index (χ4n) is 3.70. The van der Waals surface area contributed by atoms with Gasteiger partial charge in [0.1, 0.15) is 7.85 Å². The molecule has 3 aromatic rings. The van der Waals surface area contributed by atoms with Gasteiger partial charge in [0, 0.05) is 17.1 Å². The van der Waals surface area contributed by atoms with Gasteiger partial charge in [-0.15, -0.1) is 0 Å². The van der Waals surface area contributed by atoms with E-state index in [4.69, 9.17) is 7.85 Å². The lowest BCUT2D eigenvalue weighted by atomic mass is 9.92. The number of carbonyl (C=O) groups is 1. The molecule has 0 saturated heterocycles. The Balaban J connectivity index is 1.78. The van der Waals surface area contributed by atoms with Crippen molar-refractivity contribution >= 4 is 42.3 Å². The fraction of sp³-hybridized carbons (Fsp3) is 0.350. The van der Waals surface area contributed by atoms with Gasteiger partial charge >= 0.3 is 5.97 Å². The van der Waals surface area contributed by atoms with Crippen LogP contribution in [0.3, 0.4) is 0 Å². The van der Waals surface area contributed by atoms with Crippen LogP contribution in [-0.4, -0.2) is 38.5 Å². The van der Waals surface area contributed by atoms with Gasteiger partial charge in [0.25, 0.3) is 0 Å². The Morgan fingerprint density at radius 2 is 2.07 bits per heavy atom. The largest absolute Gasteiger partial charge is 0.481 e. The summed E-state index contributed by atoms with van der Waals surface area (Å²) in [6.07, 6.45) is 7.80. The van der Waals surface area contributed by atoms with Crippen LogP contribution in [0, 0.1) is 11.8 Å².